The lowest BCUT2D eigenvalue weighted by molar-refractivity contribution is 0.0599. The summed E-state index contributed by atoms with van der Waals surface area (Å²) in [4.78, 5) is 41.5. The summed E-state index contributed by atoms with van der Waals surface area (Å²) in [5.74, 6) is 1.63. The topological polar surface area (TPSA) is 71.3 Å². The fraction of sp³-hybridized carbons (Fsp3) is 0.538. The molecule has 2 saturated heterocycles. The predicted molar refractivity (Wildman–Crippen MR) is 135 cm³/mol. The molecule has 0 radical (unpaired) electrons. The number of anilines is 1. The van der Waals surface area contributed by atoms with E-state index in [0.29, 0.717) is 25.6 Å². The molecule has 2 fully saturated rings. The molecule has 1 amide bonds. The molecule has 0 aromatic carbocycles. The number of carbonyl (C=O) groups excluding carboxylic acids is 1. The van der Waals surface area contributed by atoms with Crippen LogP contribution in [0.4, 0.5) is 5.82 Å². The van der Waals surface area contributed by atoms with Gasteiger partial charge in [0.05, 0.1) is 10.3 Å². The SMILES string of the molecule is Cc1c(C(=O)N2C[C@@H]3C[C@@H](C2)c2cccc(=O)n2C3)sc2ncnc(N3CCCCCCC3)c12. The summed E-state index contributed by atoms with van der Waals surface area (Å²) in [5, 5.41) is 1.05. The number of likely N-dealkylation sites (tertiary alicyclic amines) is 1. The van der Waals surface area contributed by atoms with E-state index in [-0.39, 0.29) is 17.4 Å². The van der Waals surface area contributed by atoms with E-state index in [4.69, 9.17) is 4.98 Å². The zero-order valence-corrected chi connectivity index (χ0v) is 20.5. The number of amides is 1. The van der Waals surface area contributed by atoms with Crippen molar-refractivity contribution in [1.82, 2.24) is 19.4 Å². The highest BCUT2D eigenvalue weighted by atomic mass is 32.1. The number of hydrogen-bond acceptors (Lipinski definition) is 6. The molecular weight excluding hydrogens is 446 g/mol. The molecule has 7 nitrogen and oxygen atoms in total. The van der Waals surface area contributed by atoms with Crippen LogP contribution >= 0.6 is 11.3 Å². The third-order valence-electron chi connectivity index (χ3n) is 7.82. The van der Waals surface area contributed by atoms with Crippen molar-refractivity contribution in [3.05, 3.63) is 51.0 Å². The number of thiophene rings is 1. The van der Waals surface area contributed by atoms with E-state index in [9.17, 15) is 9.59 Å². The van der Waals surface area contributed by atoms with Gasteiger partial charge < -0.3 is 14.4 Å². The maximum atomic E-state index is 13.8. The van der Waals surface area contributed by atoms with Gasteiger partial charge in [-0.1, -0.05) is 25.3 Å². The van der Waals surface area contributed by atoms with E-state index >= 15 is 0 Å². The van der Waals surface area contributed by atoms with Gasteiger partial charge in [0.15, 0.2) is 0 Å². The van der Waals surface area contributed by atoms with Crippen molar-refractivity contribution in [2.24, 2.45) is 5.92 Å². The van der Waals surface area contributed by atoms with Crippen LogP contribution in [0, 0.1) is 12.8 Å². The summed E-state index contributed by atoms with van der Waals surface area (Å²) in [5.41, 5.74) is 2.15. The molecule has 0 unspecified atom stereocenters. The van der Waals surface area contributed by atoms with Crippen LogP contribution in [0.15, 0.2) is 29.3 Å². The zero-order valence-electron chi connectivity index (χ0n) is 19.7. The molecule has 0 saturated carbocycles. The number of fused-ring (bicyclic) bond motifs is 5. The molecule has 6 rings (SSSR count). The van der Waals surface area contributed by atoms with Crippen LogP contribution in [0.5, 0.6) is 0 Å². The molecule has 2 atom stereocenters. The Morgan fingerprint density at radius 3 is 2.65 bits per heavy atom. The Morgan fingerprint density at radius 1 is 1.03 bits per heavy atom. The van der Waals surface area contributed by atoms with E-state index in [0.717, 1.165) is 51.7 Å². The number of hydrogen-bond donors (Lipinski definition) is 0. The largest absolute Gasteiger partial charge is 0.356 e. The first-order valence-corrected chi connectivity index (χ1v) is 13.4. The smallest absolute Gasteiger partial charge is 0.264 e. The Hall–Kier alpha value is -2.74. The number of pyridine rings is 1. The number of nitrogens with zero attached hydrogens (tertiary/aromatic N) is 5. The Kier molecular flexibility index (Phi) is 5.63. The summed E-state index contributed by atoms with van der Waals surface area (Å²) in [6, 6.07) is 5.53. The van der Waals surface area contributed by atoms with Crippen molar-refractivity contribution in [2.75, 3.05) is 31.1 Å². The Bertz CT molecular complexity index is 1290. The first-order valence-electron chi connectivity index (χ1n) is 12.6. The van der Waals surface area contributed by atoms with E-state index in [1.54, 1.807) is 12.4 Å². The van der Waals surface area contributed by atoms with Gasteiger partial charge >= 0.3 is 0 Å². The van der Waals surface area contributed by atoms with Crippen LogP contribution in [0.3, 0.4) is 0 Å². The second kappa shape index (κ2) is 8.80. The average molecular weight is 478 g/mol. The molecule has 0 aliphatic carbocycles. The van der Waals surface area contributed by atoms with Crippen molar-refractivity contribution < 1.29 is 4.79 Å². The lowest BCUT2D eigenvalue weighted by Gasteiger charge is -2.42. The Morgan fingerprint density at radius 2 is 1.82 bits per heavy atom. The number of piperidine rings is 1. The predicted octanol–water partition coefficient (Wildman–Crippen LogP) is 4.19. The lowest BCUT2D eigenvalue weighted by atomic mass is 9.83. The van der Waals surface area contributed by atoms with Gasteiger partial charge in [-0.15, -0.1) is 11.3 Å². The van der Waals surface area contributed by atoms with E-state index in [1.165, 1.54) is 43.4 Å². The molecule has 0 spiro atoms. The molecule has 0 N–H and O–H groups in total. The normalized spacial score (nSPS) is 22.9. The molecule has 3 aliphatic heterocycles. The van der Waals surface area contributed by atoms with Gasteiger partial charge in [-0.2, -0.15) is 0 Å². The van der Waals surface area contributed by atoms with Gasteiger partial charge in [-0.05, 0) is 43.7 Å². The lowest BCUT2D eigenvalue weighted by Crippen LogP contribution is -2.49. The van der Waals surface area contributed by atoms with Crippen molar-refractivity contribution >= 4 is 33.3 Å². The van der Waals surface area contributed by atoms with Crippen molar-refractivity contribution in [3.8, 4) is 0 Å². The Balaban J connectivity index is 1.31. The number of aryl methyl sites for hydroxylation is 1. The molecule has 34 heavy (non-hydrogen) atoms. The van der Waals surface area contributed by atoms with Gasteiger partial charge in [0.25, 0.3) is 11.5 Å². The van der Waals surface area contributed by atoms with Crippen LogP contribution < -0.4 is 10.5 Å². The van der Waals surface area contributed by atoms with Gasteiger partial charge in [0, 0.05) is 50.4 Å². The summed E-state index contributed by atoms with van der Waals surface area (Å²) < 4.78 is 1.91. The van der Waals surface area contributed by atoms with Crippen LogP contribution in [0.1, 0.15) is 65.4 Å². The van der Waals surface area contributed by atoms with E-state index < -0.39 is 0 Å². The fourth-order valence-corrected chi connectivity index (χ4v) is 7.27. The summed E-state index contributed by atoms with van der Waals surface area (Å²) >= 11 is 1.51. The number of rotatable bonds is 2. The highest BCUT2D eigenvalue weighted by Crippen LogP contribution is 2.39. The third-order valence-corrected chi connectivity index (χ3v) is 9.01. The van der Waals surface area contributed by atoms with Crippen LogP contribution in [0.2, 0.25) is 0 Å². The first kappa shape index (κ1) is 21.8. The standard InChI is InChI=1S/C26H31N5O2S/c1-17-22-24(29-10-5-3-2-4-6-11-29)27-16-28-25(22)34-23(17)26(33)30-13-18-12-19(15-30)20-8-7-9-21(32)31(20)14-18/h7-9,16,18-19H,2-6,10-15H2,1H3/t18-,19-/m0/s1. The van der Waals surface area contributed by atoms with Crippen molar-refractivity contribution in [3.63, 3.8) is 0 Å². The van der Waals surface area contributed by atoms with Crippen LogP contribution in [-0.2, 0) is 6.54 Å². The quantitative estimate of drug-likeness (QED) is 0.553. The summed E-state index contributed by atoms with van der Waals surface area (Å²) in [6.07, 6.45) is 8.92. The molecule has 3 aliphatic rings. The maximum absolute atomic E-state index is 13.8. The minimum Gasteiger partial charge on any atom is -0.356 e. The highest BCUT2D eigenvalue weighted by Gasteiger charge is 2.37. The van der Waals surface area contributed by atoms with E-state index in [2.05, 4.69) is 16.8 Å². The average Bonchev–Trinajstić information content (AvgIpc) is 3.16. The summed E-state index contributed by atoms with van der Waals surface area (Å²) in [6.45, 7) is 6.15. The zero-order chi connectivity index (χ0) is 23.2. The van der Waals surface area contributed by atoms with Gasteiger partial charge in [-0.25, -0.2) is 9.97 Å². The molecular formula is C26H31N5O2S. The van der Waals surface area contributed by atoms with E-state index in [1.807, 2.05) is 21.6 Å². The maximum Gasteiger partial charge on any atom is 0.264 e. The van der Waals surface area contributed by atoms with Crippen LogP contribution in [0.25, 0.3) is 10.2 Å². The van der Waals surface area contributed by atoms with Gasteiger partial charge in [0.2, 0.25) is 0 Å². The number of aromatic nitrogens is 3. The Labute approximate surface area is 203 Å². The minimum absolute atomic E-state index is 0.0719. The summed E-state index contributed by atoms with van der Waals surface area (Å²) in [7, 11) is 0. The van der Waals surface area contributed by atoms with Gasteiger partial charge in [0.1, 0.15) is 17.0 Å². The van der Waals surface area contributed by atoms with Crippen molar-refractivity contribution in [2.45, 2.75) is 57.9 Å². The first-order chi connectivity index (χ1) is 16.6. The second-order valence-electron chi connectivity index (χ2n) is 10.1. The second-order valence-corrected chi connectivity index (χ2v) is 11.1. The molecule has 6 heterocycles. The monoisotopic (exact) mass is 477 g/mol. The molecule has 8 heteroatoms. The van der Waals surface area contributed by atoms with Crippen LogP contribution in [-0.4, -0.2) is 51.5 Å². The molecule has 178 valence electrons. The minimum atomic E-state index is 0.0719. The molecule has 3 aromatic rings. The fourth-order valence-electron chi connectivity index (χ4n) is 6.16. The molecule has 3 aromatic heterocycles. The highest BCUT2D eigenvalue weighted by molar-refractivity contribution is 7.20. The van der Waals surface area contributed by atoms with Crippen molar-refractivity contribution in [1.29, 1.82) is 0 Å². The van der Waals surface area contributed by atoms with Gasteiger partial charge in [-0.3, -0.25) is 9.59 Å². The third kappa shape index (κ3) is 3.72. The number of carbonyl (C=O) groups is 1. The molecule has 2 bridgehead atoms.